The molecule has 0 radical (unpaired) electrons. The zero-order valence-electron chi connectivity index (χ0n) is 27.2. The number of allylic oxidation sites excluding steroid dienone is 1. The molecule has 47 heavy (non-hydrogen) atoms. The van der Waals surface area contributed by atoms with Crippen molar-refractivity contribution < 1.29 is 9.53 Å². The lowest BCUT2D eigenvalue weighted by Gasteiger charge is -2.42. The summed E-state index contributed by atoms with van der Waals surface area (Å²) in [6.07, 6.45) is 6.32. The highest BCUT2D eigenvalue weighted by atomic mass is 35.5. The van der Waals surface area contributed by atoms with E-state index in [2.05, 4.69) is 58.2 Å². The minimum Gasteiger partial charge on any atom is -0.462 e. The van der Waals surface area contributed by atoms with E-state index in [-0.39, 0.29) is 23.9 Å². The lowest BCUT2D eigenvalue weighted by Crippen LogP contribution is -2.56. The van der Waals surface area contributed by atoms with Crippen LogP contribution in [0.5, 0.6) is 6.01 Å². The molecule has 2 atom stereocenters. The Morgan fingerprint density at radius 2 is 1.91 bits per heavy atom. The highest BCUT2D eigenvalue weighted by molar-refractivity contribution is 6.36. The summed E-state index contributed by atoms with van der Waals surface area (Å²) in [4.78, 5) is 31.9. The number of halogens is 1. The van der Waals surface area contributed by atoms with Gasteiger partial charge in [-0.15, -0.1) is 0 Å². The fourth-order valence-corrected chi connectivity index (χ4v) is 7.32. The molecule has 3 aliphatic heterocycles. The van der Waals surface area contributed by atoms with Crippen LogP contribution in [0.1, 0.15) is 50.3 Å². The molecule has 1 aromatic heterocycles. The molecule has 0 spiro atoms. The van der Waals surface area contributed by atoms with Crippen molar-refractivity contribution in [3.05, 3.63) is 64.3 Å². The number of carbonyl (C=O) groups excluding carboxylic acids is 1. The molecule has 3 aliphatic rings. The van der Waals surface area contributed by atoms with E-state index < -0.39 is 0 Å². The van der Waals surface area contributed by atoms with Crippen molar-refractivity contribution in [3.63, 3.8) is 0 Å². The average molecular weight is 653 g/mol. The summed E-state index contributed by atoms with van der Waals surface area (Å²) in [6.45, 7) is 6.25. The third-order valence-electron chi connectivity index (χ3n) is 9.63. The first-order chi connectivity index (χ1) is 22.9. The number of hydrogen-bond donors (Lipinski definition) is 0. The number of unbranched alkanes of at least 4 members (excludes halogenated alkanes) is 1. The molecule has 1 amide bonds. The van der Waals surface area contributed by atoms with E-state index in [1.807, 2.05) is 19.1 Å². The van der Waals surface area contributed by atoms with E-state index in [0.717, 1.165) is 77.3 Å². The zero-order valence-corrected chi connectivity index (χ0v) is 27.9. The summed E-state index contributed by atoms with van der Waals surface area (Å²) < 4.78 is 6.31. The molecule has 0 bridgehead atoms. The van der Waals surface area contributed by atoms with Gasteiger partial charge in [-0.2, -0.15) is 20.5 Å². The van der Waals surface area contributed by atoms with Gasteiger partial charge >= 0.3 is 6.01 Å². The van der Waals surface area contributed by atoms with E-state index in [9.17, 15) is 15.3 Å². The lowest BCUT2D eigenvalue weighted by molar-refractivity contribution is -0.129. The van der Waals surface area contributed by atoms with Gasteiger partial charge in [0.25, 0.3) is 5.91 Å². The Labute approximate surface area is 281 Å². The second kappa shape index (κ2) is 14.6. The summed E-state index contributed by atoms with van der Waals surface area (Å²) in [7, 11) is 2.12. The number of nitrogens with zero attached hydrogens (tertiary/aromatic N) is 8. The summed E-state index contributed by atoms with van der Waals surface area (Å²) in [6, 6.07) is 16.9. The quantitative estimate of drug-likeness (QED) is 0.218. The molecule has 4 heterocycles. The highest BCUT2D eigenvalue weighted by Gasteiger charge is 2.35. The predicted molar refractivity (Wildman–Crippen MR) is 183 cm³/mol. The largest absolute Gasteiger partial charge is 0.462 e. The number of anilines is 2. The Morgan fingerprint density at radius 1 is 1.09 bits per heavy atom. The first kappa shape index (κ1) is 32.6. The number of benzene rings is 2. The van der Waals surface area contributed by atoms with Gasteiger partial charge in [0.05, 0.1) is 35.8 Å². The number of fused-ring (bicyclic) bond motifs is 2. The normalized spacial score (nSPS) is 20.2. The van der Waals surface area contributed by atoms with Crippen LogP contribution in [0.15, 0.2) is 48.0 Å². The topological polar surface area (TPSA) is 113 Å². The molecule has 11 heteroatoms. The maximum atomic E-state index is 13.4. The smallest absolute Gasteiger partial charge is 0.318 e. The van der Waals surface area contributed by atoms with Crippen LogP contribution in [0.2, 0.25) is 5.02 Å². The van der Waals surface area contributed by atoms with Crippen molar-refractivity contribution in [1.82, 2.24) is 19.8 Å². The Morgan fingerprint density at radius 3 is 2.66 bits per heavy atom. The Balaban J connectivity index is 1.32. The van der Waals surface area contributed by atoms with Crippen LogP contribution in [0.3, 0.4) is 0 Å². The number of nitriles is 2. The Bertz CT molecular complexity index is 1740. The fraction of sp³-hybridized carbons (Fsp3) is 0.472. The van der Waals surface area contributed by atoms with Gasteiger partial charge < -0.3 is 24.3 Å². The molecule has 0 N–H and O–H groups in total. The van der Waals surface area contributed by atoms with Gasteiger partial charge in [-0.3, -0.25) is 4.79 Å². The van der Waals surface area contributed by atoms with Gasteiger partial charge in [-0.1, -0.05) is 55.3 Å². The van der Waals surface area contributed by atoms with Gasteiger partial charge in [-0.25, -0.2) is 0 Å². The molecule has 2 aromatic carbocycles. The SMILES string of the molecule is CCC/C=C(\C#N)C(=O)N1CCN(c2nc(OC[C@@H]3CCCN3C)nc3c2CCN(c2cccc4cccc(Cl)c24)C3)C[C@@H]1CC#N. The van der Waals surface area contributed by atoms with E-state index in [1.54, 1.807) is 11.0 Å². The van der Waals surface area contributed by atoms with Crippen LogP contribution in [0, 0.1) is 22.7 Å². The minimum absolute atomic E-state index is 0.142. The summed E-state index contributed by atoms with van der Waals surface area (Å²) >= 11 is 6.72. The van der Waals surface area contributed by atoms with Crippen LogP contribution in [0.25, 0.3) is 10.8 Å². The summed E-state index contributed by atoms with van der Waals surface area (Å²) in [5.74, 6) is 0.497. The zero-order chi connectivity index (χ0) is 32.9. The molecule has 2 saturated heterocycles. The summed E-state index contributed by atoms with van der Waals surface area (Å²) in [5, 5.41) is 22.3. The van der Waals surface area contributed by atoms with Crippen molar-refractivity contribution in [2.45, 2.75) is 64.1 Å². The molecule has 244 valence electrons. The van der Waals surface area contributed by atoms with Crippen molar-refractivity contribution in [1.29, 1.82) is 10.5 Å². The Kier molecular flexibility index (Phi) is 10.1. The second-order valence-corrected chi connectivity index (χ2v) is 13.0. The number of aromatic nitrogens is 2. The minimum atomic E-state index is -0.375. The second-order valence-electron chi connectivity index (χ2n) is 12.6. The molecule has 0 unspecified atom stereocenters. The molecule has 2 fully saturated rings. The number of carbonyl (C=O) groups is 1. The third kappa shape index (κ3) is 6.86. The first-order valence-corrected chi connectivity index (χ1v) is 17.0. The van der Waals surface area contributed by atoms with Crippen LogP contribution in [0.4, 0.5) is 11.5 Å². The molecular formula is C36H41ClN8O2. The van der Waals surface area contributed by atoms with Crippen molar-refractivity contribution in [2.24, 2.45) is 0 Å². The number of likely N-dealkylation sites (N-methyl/N-ethyl adjacent to an activating group) is 1. The maximum Gasteiger partial charge on any atom is 0.318 e. The molecule has 0 saturated carbocycles. The van der Waals surface area contributed by atoms with E-state index in [0.29, 0.717) is 51.3 Å². The Hall–Kier alpha value is -4.38. The summed E-state index contributed by atoms with van der Waals surface area (Å²) in [5.41, 5.74) is 3.18. The predicted octanol–water partition coefficient (Wildman–Crippen LogP) is 5.50. The van der Waals surface area contributed by atoms with Crippen LogP contribution >= 0.6 is 11.6 Å². The third-order valence-corrected chi connectivity index (χ3v) is 9.94. The fourth-order valence-electron chi connectivity index (χ4n) is 7.04. The lowest BCUT2D eigenvalue weighted by atomic mass is 10.0. The number of amides is 1. The number of piperazine rings is 1. The van der Waals surface area contributed by atoms with Gasteiger partial charge in [0.15, 0.2) is 0 Å². The van der Waals surface area contributed by atoms with Gasteiger partial charge in [-0.05, 0) is 56.8 Å². The maximum absolute atomic E-state index is 13.4. The molecule has 0 aliphatic carbocycles. The monoisotopic (exact) mass is 652 g/mol. The average Bonchev–Trinajstić information content (AvgIpc) is 3.51. The van der Waals surface area contributed by atoms with Gasteiger partial charge in [0, 0.05) is 48.9 Å². The standard InChI is InChI=1S/C36H41ClN8O2/c1-3-4-8-26(21-39)35(46)45-20-19-44(22-27(45)14-16-38)34-29-15-18-43(32-13-6-10-25-9-5-12-30(37)33(25)32)23-31(29)40-36(41-34)47-24-28-11-7-17-42(28)2/h5-6,8-10,12-13,27-28H,3-4,7,11,14-15,17-20,22-24H2,1-2H3/b26-8+/t27-,28-/m0/s1. The van der Waals surface area contributed by atoms with E-state index in [4.69, 9.17) is 26.3 Å². The molecular weight excluding hydrogens is 612 g/mol. The van der Waals surface area contributed by atoms with Crippen molar-refractivity contribution >= 4 is 39.8 Å². The molecule has 6 rings (SSSR count). The molecule has 10 nitrogen and oxygen atoms in total. The highest BCUT2D eigenvalue weighted by Crippen LogP contribution is 2.37. The first-order valence-electron chi connectivity index (χ1n) is 16.6. The van der Waals surface area contributed by atoms with Gasteiger partial charge in [0.1, 0.15) is 24.1 Å². The van der Waals surface area contributed by atoms with E-state index >= 15 is 0 Å². The van der Waals surface area contributed by atoms with Crippen molar-refractivity contribution in [2.75, 3.05) is 56.2 Å². The number of ether oxygens (including phenoxy) is 1. The number of hydrogen-bond acceptors (Lipinski definition) is 9. The number of rotatable bonds is 9. The van der Waals surface area contributed by atoms with Crippen LogP contribution in [-0.4, -0.2) is 84.1 Å². The van der Waals surface area contributed by atoms with Gasteiger partial charge in [0.2, 0.25) is 0 Å². The van der Waals surface area contributed by atoms with Crippen LogP contribution < -0.4 is 14.5 Å². The van der Waals surface area contributed by atoms with E-state index in [1.165, 1.54) is 0 Å². The van der Waals surface area contributed by atoms with Crippen LogP contribution in [-0.2, 0) is 17.8 Å². The molecule has 3 aromatic rings. The van der Waals surface area contributed by atoms with Crippen molar-refractivity contribution in [3.8, 4) is 18.1 Å². The number of likely N-dealkylation sites (tertiary alicyclic amines) is 1.